The summed E-state index contributed by atoms with van der Waals surface area (Å²) in [6.07, 6.45) is 1.54. The Morgan fingerprint density at radius 2 is 2.00 bits per heavy atom. The first kappa shape index (κ1) is 12.9. The van der Waals surface area contributed by atoms with E-state index in [1.165, 1.54) is 4.90 Å². The van der Waals surface area contributed by atoms with Gasteiger partial charge in [-0.3, -0.25) is 4.79 Å². The minimum atomic E-state index is -1.10. The molecule has 1 saturated heterocycles. The van der Waals surface area contributed by atoms with E-state index in [0.29, 0.717) is 19.5 Å². The number of β-amino-alcohol motifs (C(OH)–C–C–N with tert-alkyl or cyclic N) is 1. The zero-order valence-corrected chi connectivity index (χ0v) is 9.31. The zero-order valence-electron chi connectivity index (χ0n) is 9.31. The van der Waals surface area contributed by atoms with Crippen molar-refractivity contribution in [1.29, 1.82) is 0 Å². The lowest BCUT2D eigenvalue weighted by Gasteiger charge is -2.46. The molecule has 1 aliphatic rings. The average molecular weight is 231 g/mol. The van der Waals surface area contributed by atoms with E-state index in [2.05, 4.69) is 4.74 Å². The van der Waals surface area contributed by atoms with Crippen molar-refractivity contribution >= 4 is 11.9 Å². The number of likely N-dealkylation sites (tertiary alicyclic amines) is 1. The summed E-state index contributed by atoms with van der Waals surface area (Å²) < 4.78 is 4.67. The Kier molecular flexibility index (Phi) is 4.26. The summed E-state index contributed by atoms with van der Waals surface area (Å²) in [6.45, 7) is 1.89. The maximum absolute atomic E-state index is 11.4. The topological polar surface area (TPSA) is 87.1 Å². The molecule has 1 heterocycles. The number of hydrogen-bond donors (Lipinski definition) is 2. The first-order valence-electron chi connectivity index (χ1n) is 5.26. The fourth-order valence-electron chi connectivity index (χ4n) is 1.78. The minimum absolute atomic E-state index is 0.242. The Balaban J connectivity index is 2.19. The molecule has 0 aromatic heterocycles. The van der Waals surface area contributed by atoms with Gasteiger partial charge >= 0.3 is 5.97 Å². The molecule has 0 unspecified atom stereocenters. The predicted molar refractivity (Wildman–Crippen MR) is 54.9 cm³/mol. The van der Waals surface area contributed by atoms with Crippen LogP contribution in [0.15, 0.2) is 0 Å². The molecule has 0 aromatic carbocycles. The van der Waals surface area contributed by atoms with E-state index in [0.717, 1.165) is 6.42 Å². The molecule has 0 saturated carbocycles. The van der Waals surface area contributed by atoms with Crippen LogP contribution >= 0.6 is 0 Å². The molecular formula is C10H17NO5. The Hall–Kier alpha value is -1.14. The third-order valence-electron chi connectivity index (χ3n) is 2.49. The Labute approximate surface area is 93.8 Å². The molecular weight excluding hydrogens is 214 g/mol. The highest BCUT2D eigenvalue weighted by Gasteiger charge is 2.42. The summed E-state index contributed by atoms with van der Waals surface area (Å²) in [5, 5.41) is 18.1. The van der Waals surface area contributed by atoms with Crippen molar-refractivity contribution in [1.82, 2.24) is 4.90 Å². The van der Waals surface area contributed by atoms with Gasteiger partial charge in [0.05, 0.1) is 18.7 Å². The van der Waals surface area contributed by atoms with E-state index < -0.39 is 18.2 Å². The molecule has 0 atom stereocenters. The quantitative estimate of drug-likeness (QED) is 0.641. The van der Waals surface area contributed by atoms with Crippen LogP contribution in [-0.2, 0) is 14.3 Å². The van der Waals surface area contributed by atoms with Crippen LogP contribution in [0.1, 0.15) is 19.8 Å². The molecule has 0 bridgehead atoms. The number of aliphatic carboxylic acids is 1. The van der Waals surface area contributed by atoms with Gasteiger partial charge in [-0.05, 0) is 6.42 Å². The first-order valence-corrected chi connectivity index (χ1v) is 5.26. The third-order valence-corrected chi connectivity index (χ3v) is 2.49. The van der Waals surface area contributed by atoms with Gasteiger partial charge in [-0.2, -0.15) is 0 Å². The van der Waals surface area contributed by atoms with E-state index in [1.54, 1.807) is 0 Å². The number of carbonyl (C=O) groups excluding carboxylic acids is 1. The van der Waals surface area contributed by atoms with Crippen molar-refractivity contribution in [3.63, 3.8) is 0 Å². The lowest BCUT2D eigenvalue weighted by Crippen LogP contribution is -2.64. The molecule has 0 aliphatic carbocycles. The number of ether oxygens (including phenoxy) is 1. The molecule has 16 heavy (non-hydrogen) atoms. The largest absolute Gasteiger partial charge is 0.480 e. The number of rotatable bonds is 6. The number of amides is 1. The Bertz CT molecular complexity index is 272. The molecule has 0 radical (unpaired) electrons. The maximum Gasteiger partial charge on any atom is 0.329 e. The van der Waals surface area contributed by atoms with Crippen molar-refractivity contribution < 1.29 is 24.5 Å². The van der Waals surface area contributed by atoms with Crippen LogP contribution in [0.25, 0.3) is 0 Å². The van der Waals surface area contributed by atoms with E-state index in [1.807, 2.05) is 6.92 Å². The number of hydrogen-bond acceptors (Lipinski definition) is 4. The summed E-state index contributed by atoms with van der Waals surface area (Å²) >= 11 is 0. The molecule has 0 spiro atoms. The minimum Gasteiger partial charge on any atom is -0.480 e. The average Bonchev–Trinajstić information content (AvgIpc) is 2.13. The van der Waals surface area contributed by atoms with Crippen LogP contribution in [0.3, 0.4) is 0 Å². The number of carbonyl (C=O) groups is 2. The monoisotopic (exact) mass is 231 g/mol. The van der Waals surface area contributed by atoms with Gasteiger partial charge in [-0.25, -0.2) is 4.79 Å². The summed E-state index contributed by atoms with van der Waals surface area (Å²) in [7, 11) is 0. The van der Waals surface area contributed by atoms with Crippen molar-refractivity contribution in [3.05, 3.63) is 0 Å². The molecule has 6 nitrogen and oxygen atoms in total. The van der Waals surface area contributed by atoms with Gasteiger partial charge in [0, 0.05) is 0 Å². The smallest absolute Gasteiger partial charge is 0.329 e. The number of nitrogens with zero attached hydrogens (tertiary/aromatic N) is 1. The second-order valence-electron chi connectivity index (χ2n) is 4.11. The number of carboxylic acid groups (broad SMARTS) is 1. The van der Waals surface area contributed by atoms with Crippen molar-refractivity contribution in [2.45, 2.75) is 25.4 Å². The second kappa shape index (κ2) is 5.27. The maximum atomic E-state index is 11.4. The van der Waals surface area contributed by atoms with Gasteiger partial charge in [0.15, 0.2) is 0 Å². The standard InChI is InChI=1S/C10H17NO5/c1-2-3-10(15)6-11(7-10)8(12)4-16-5-9(13)14/h15H,2-7H2,1H3,(H,13,14). The van der Waals surface area contributed by atoms with Gasteiger partial charge in [0.2, 0.25) is 5.91 Å². The van der Waals surface area contributed by atoms with E-state index >= 15 is 0 Å². The van der Waals surface area contributed by atoms with Gasteiger partial charge in [-0.1, -0.05) is 13.3 Å². The van der Waals surface area contributed by atoms with Gasteiger partial charge in [-0.15, -0.1) is 0 Å². The third kappa shape index (κ3) is 3.46. The van der Waals surface area contributed by atoms with Crippen molar-refractivity contribution in [3.8, 4) is 0 Å². The fourth-order valence-corrected chi connectivity index (χ4v) is 1.78. The second-order valence-corrected chi connectivity index (χ2v) is 4.11. The van der Waals surface area contributed by atoms with Crippen LogP contribution in [0.4, 0.5) is 0 Å². The Morgan fingerprint density at radius 3 is 2.50 bits per heavy atom. The highest BCUT2D eigenvalue weighted by atomic mass is 16.5. The summed E-state index contributed by atoms with van der Waals surface area (Å²) in [6, 6.07) is 0. The van der Waals surface area contributed by atoms with Gasteiger partial charge in [0.25, 0.3) is 0 Å². The summed E-state index contributed by atoms with van der Waals surface area (Å²) in [4.78, 5) is 23.0. The van der Waals surface area contributed by atoms with Crippen molar-refractivity contribution in [2.24, 2.45) is 0 Å². The highest BCUT2D eigenvalue weighted by molar-refractivity contribution is 5.79. The fraction of sp³-hybridized carbons (Fsp3) is 0.800. The molecule has 0 aromatic rings. The molecule has 1 aliphatic heterocycles. The van der Waals surface area contributed by atoms with Crippen LogP contribution in [-0.4, -0.2) is 58.9 Å². The van der Waals surface area contributed by atoms with E-state index in [4.69, 9.17) is 5.11 Å². The van der Waals surface area contributed by atoms with Crippen molar-refractivity contribution in [2.75, 3.05) is 26.3 Å². The van der Waals surface area contributed by atoms with Crippen LogP contribution in [0, 0.1) is 0 Å². The Morgan fingerprint density at radius 1 is 1.38 bits per heavy atom. The van der Waals surface area contributed by atoms with Crippen LogP contribution in [0.2, 0.25) is 0 Å². The molecule has 1 rings (SSSR count). The lowest BCUT2D eigenvalue weighted by molar-refractivity contribution is -0.162. The van der Waals surface area contributed by atoms with Crippen LogP contribution < -0.4 is 0 Å². The van der Waals surface area contributed by atoms with Crippen LogP contribution in [0.5, 0.6) is 0 Å². The summed E-state index contributed by atoms with van der Waals surface area (Å²) in [5.41, 5.74) is -0.753. The summed E-state index contributed by atoms with van der Waals surface area (Å²) in [5.74, 6) is -1.37. The van der Waals surface area contributed by atoms with Gasteiger partial charge in [0.1, 0.15) is 13.2 Å². The molecule has 6 heteroatoms. The first-order chi connectivity index (χ1) is 7.47. The number of aliphatic hydroxyl groups is 1. The predicted octanol–water partition coefficient (Wildman–Crippen LogP) is -0.539. The molecule has 92 valence electrons. The van der Waals surface area contributed by atoms with E-state index in [9.17, 15) is 14.7 Å². The highest BCUT2D eigenvalue weighted by Crippen LogP contribution is 2.25. The number of carboxylic acids is 1. The van der Waals surface area contributed by atoms with Gasteiger partial charge < -0.3 is 19.8 Å². The lowest BCUT2D eigenvalue weighted by atomic mass is 9.89. The molecule has 2 N–H and O–H groups in total. The normalized spacial score (nSPS) is 18.0. The zero-order chi connectivity index (χ0) is 12.2. The van der Waals surface area contributed by atoms with E-state index in [-0.39, 0.29) is 12.5 Å². The molecule has 1 fully saturated rings. The molecule has 1 amide bonds. The SMILES string of the molecule is CCCC1(O)CN(C(=O)COCC(=O)O)C1.